The maximum Gasteiger partial charge on any atom is 0.233 e. The molecule has 0 saturated heterocycles. The molecule has 70 valence electrons. The first-order chi connectivity index (χ1) is 6.33. The number of hydrogen-bond donors (Lipinski definition) is 2. The van der Waals surface area contributed by atoms with Crippen LogP contribution in [0.2, 0.25) is 0 Å². The van der Waals surface area contributed by atoms with Crippen LogP contribution in [0.15, 0.2) is 24.4 Å². The number of nitrogens with zero attached hydrogens (tertiary/aromatic N) is 1. The van der Waals surface area contributed by atoms with Crippen LogP contribution in [0.1, 0.15) is 18.5 Å². The largest absolute Gasteiger partial charge is 0.294 e. The lowest BCUT2D eigenvalue weighted by Gasteiger charge is -1.99. The third kappa shape index (κ3) is 3.66. The topological polar surface area (TPSA) is 68.0 Å². The Labute approximate surface area is 77.1 Å². The maximum atomic E-state index is 10.7. The lowest BCUT2D eigenvalue weighted by Crippen LogP contribution is -2.29. The van der Waals surface area contributed by atoms with Gasteiger partial charge in [0.05, 0.1) is 0 Å². The summed E-state index contributed by atoms with van der Waals surface area (Å²) in [5.74, 6) is 4.81. The Bertz CT molecular complexity index is 261. The normalized spacial score (nSPS) is 9.62. The van der Waals surface area contributed by atoms with E-state index < -0.39 is 0 Å². The molecule has 0 aliphatic carbocycles. The first kappa shape index (κ1) is 9.67. The minimum absolute atomic E-state index is 0.129. The Morgan fingerprint density at radius 3 is 3.00 bits per heavy atom. The zero-order chi connectivity index (χ0) is 9.52. The van der Waals surface area contributed by atoms with Gasteiger partial charge in [0.25, 0.3) is 0 Å². The van der Waals surface area contributed by atoms with E-state index in [4.69, 9.17) is 5.84 Å². The number of carbonyl (C=O) groups is 1. The van der Waals surface area contributed by atoms with E-state index in [1.807, 2.05) is 18.2 Å². The summed E-state index contributed by atoms with van der Waals surface area (Å²) in [6, 6.07) is 5.75. The average Bonchev–Trinajstić information content (AvgIpc) is 2.19. The van der Waals surface area contributed by atoms with Crippen molar-refractivity contribution in [3.63, 3.8) is 0 Å². The molecule has 0 aliphatic rings. The number of nitrogens with two attached hydrogens (primary N) is 1. The third-order valence-electron chi connectivity index (χ3n) is 1.72. The van der Waals surface area contributed by atoms with Gasteiger partial charge in [0.15, 0.2) is 0 Å². The number of nitrogens with one attached hydrogen (secondary N) is 1. The first-order valence-electron chi connectivity index (χ1n) is 4.22. The van der Waals surface area contributed by atoms with Gasteiger partial charge in [-0.05, 0) is 25.0 Å². The zero-order valence-corrected chi connectivity index (χ0v) is 7.36. The van der Waals surface area contributed by atoms with Crippen LogP contribution in [0.3, 0.4) is 0 Å². The number of rotatable bonds is 4. The summed E-state index contributed by atoms with van der Waals surface area (Å²) < 4.78 is 0. The lowest BCUT2D eigenvalue weighted by atomic mass is 10.2. The van der Waals surface area contributed by atoms with E-state index in [9.17, 15) is 4.79 Å². The van der Waals surface area contributed by atoms with Crippen molar-refractivity contribution in [3.8, 4) is 0 Å². The summed E-state index contributed by atoms with van der Waals surface area (Å²) in [6.45, 7) is 0. The fourth-order valence-corrected chi connectivity index (χ4v) is 1.05. The molecular weight excluding hydrogens is 166 g/mol. The van der Waals surface area contributed by atoms with Gasteiger partial charge in [-0.2, -0.15) is 0 Å². The summed E-state index contributed by atoms with van der Waals surface area (Å²) in [6.07, 6.45) is 3.79. The van der Waals surface area contributed by atoms with Gasteiger partial charge in [0.2, 0.25) is 5.91 Å². The maximum absolute atomic E-state index is 10.7. The summed E-state index contributed by atoms with van der Waals surface area (Å²) in [7, 11) is 0. The highest BCUT2D eigenvalue weighted by atomic mass is 16.2. The summed E-state index contributed by atoms with van der Waals surface area (Å²) in [5.41, 5.74) is 3.10. The van der Waals surface area contributed by atoms with Crippen molar-refractivity contribution >= 4 is 5.91 Å². The smallest absolute Gasteiger partial charge is 0.233 e. The number of hydrogen-bond acceptors (Lipinski definition) is 3. The highest BCUT2D eigenvalue weighted by Gasteiger charge is 1.98. The van der Waals surface area contributed by atoms with Gasteiger partial charge in [-0.25, -0.2) is 5.84 Å². The van der Waals surface area contributed by atoms with Crippen molar-refractivity contribution in [1.29, 1.82) is 0 Å². The predicted molar refractivity (Wildman–Crippen MR) is 49.5 cm³/mol. The van der Waals surface area contributed by atoms with Gasteiger partial charge in [0.1, 0.15) is 0 Å². The van der Waals surface area contributed by atoms with Crippen LogP contribution < -0.4 is 11.3 Å². The molecule has 0 radical (unpaired) electrons. The molecule has 0 bridgehead atoms. The summed E-state index contributed by atoms with van der Waals surface area (Å²) >= 11 is 0. The molecule has 1 rings (SSSR count). The number of carbonyl (C=O) groups excluding carboxylic acids is 1. The predicted octanol–water partition coefficient (Wildman–Crippen LogP) is 0.394. The summed E-state index contributed by atoms with van der Waals surface area (Å²) in [4.78, 5) is 14.9. The number of aryl methyl sites for hydroxylation is 1. The molecule has 1 aromatic heterocycles. The van der Waals surface area contributed by atoms with Gasteiger partial charge in [0, 0.05) is 18.3 Å². The highest BCUT2D eigenvalue weighted by molar-refractivity contribution is 5.75. The van der Waals surface area contributed by atoms with E-state index in [0.717, 1.165) is 18.5 Å². The van der Waals surface area contributed by atoms with Crippen LogP contribution in [-0.4, -0.2) is 10.9 Å². The Hall–Kier alpha value is -1.42. The first-order valence-corrected chi connectivity index (χ1v) is 4.22. The molecule has 1 aromatic rings. The van der Waals surface area contributed by atoms with Gasteiger partial charge < -0.3 is 0 Å². The average molecular weight is 179 g/mol. The van der Waals surface area contributed by atoms with Crippen molar-refractivity contribution < 1.29 is 4.79 Å². The molecule has 4 nitrogen and oxygen atoms in total. The molecular formula is C9H13N3O. The number of pyridine rings is 1. The zero-order valence-electron chi connectivity index (χ0n) is 7.36. The number of aromatic nitrogens is 1. The van der Waals surface area contributed by atoms with E-state index in [1.54, 1.807) is 6.20 Å². The summed E-state index contributed by atoms with van der Waals surface area (Å²) in [5, 5.41) is 0. The molecule has 0 aromatic carbocycles. The molecule has 0 aliphatic heterocycles. The second-order valence-electron chi connectivity index (χ2n) is 2.74. The van der Waals surface area contributed by atoms with Gasteiger partial charge in [-0.3, -0.25) is 15.2 Å². The van der Waals surface area contributed by atoms with Crippen molar-refractivity contribution in [2.24, 2.45) is 5.84 Å². The van der Waals surface area contributed by atoms with Crippen LogP contribution in [0.5, 0.6) is 0 Å². The molecule has 1 heterocycles. The standard InChI is InChI=1S/C9H13N3O/c10-12-9(13)6-3-5-8-4-1-2-7-11-8/h1-2,4,7H,3,5-6,10H2,(H,12,13). The minimum atomic E-state index is -0.129. The molecule has 13 heavy (non-hydrogen) atoms. The number of hydrazine groups is 1. The molecule has 0 spiro atoms. The Morgan fingerprint density at radius 2 is 2.38 bits per heavy atom. The van der Waals surface area contributed by atoms with Crippen LogP contribution in [0, 0.1) is 0 Å². The molecule has 0 atom stereocenters. The number of amides is 1. The van der Waals surface area contributed by atoms with Crippen molar-refractivity contribution in [2.45, 2.75) is 19.3 Å². The third-order valence-corrected chi connectivity index (χ3v) is 1.72. The van der Waals surface area contributed by atoms with E-state index in [1.165, 1.54) is 0 Å². The lowest BCUT2D eigenvalue weighted by molar-refractivity contribution is -0.121. The molecule has 0 saturated carbocycles. The monoisotopic (exact) mass is 179 g/mol. The SMILES string of the molecule is NNC(=O)CCCc1ccccn1. The molecule has 0 unspecified atom stereocenters. The van der Waals surface area contributed by atoms with Crippen molar-refractivity contribution in [3.05, 3.63) is 30.1 Å². The quantitative estimate of drug-likeness (QED) is 0.399. The molecule has 1 amide bonds. The Kier molecular flexibility index (Phi) is 3.92. The molecule has 3 N–H and O–H groups in total. The molecule has 4 heteroatoms. The van der Waals surface area contributed by atoms with E-state index in [0.29, 0.717) is 6.42 Å². The minimum Gasteiger partial charge on any atom is -0.294 e. The fraction of sp³-hybridized carbons (Fsp3) is 0.333. The van der Waals surface area contributed by atoms with Gasteiger partial charge >= 0.3 is 0 Å². The van der Waals surface area contributed by atoms with Crippen LogP contribution in [0.4, 0.5) is 0 Å². The highest BCUT2D eigenvalue weighted by Crippen LogP contribution is 2.00. The van der Waals surface area contributed by atoms with Crippen LogP contribution in [0.25, 0.3) is 0 Å². The van der Waals surface area contributed by atoms with Crippen molar-refractivity contribution in [1.82, 2.24) is 10.4 Å². The van der Waals surface area contributed by atoms with Crippen LogP contribution in [-0.2, 0) is 11.2 Å². The second kappa shape index (κ2) is 5.27. The van der Waals surface area contributed by atoms with Crippen LogP contribution >= 0.6 is 0 Å². The Balaban J connectivity index is 2.24. The Morgan fingerprint density at radius 1 is 1.54 bits per heavy atom. The van der Waals surface area contributed by atoms with Crippen molar-refractivity contribution in [2.75, 3.05) is 0 Å². The van der Waals surface area contributed by atoms with Gasteiger partial charge in [-0.1, -0.05) is 6.07 Å². The fourth-order valence-electron chi connectivity index (χ4n) is 1.05. The van der Waals surface area contributed by atoms with E-state index >= 15 is 0 Å². The second-order valence-corrected chi connectivity index (χ2v) is 2.74. The molecule has 0 fully saturated rings. The van der Waals surface area contributed by atoms with Gasteiger partial charge in [-0.15, -0.1) is 0 Å². The van der Waals surface area contributed by atoms with E-state index in [2.05, 4.69) is 10.4 Å². The van der Waals surface area contributed by atoms with E-state index in [-0.39, 0.29) is 5.91 Å².